The predicted molar refractivity (Wildman–Crippen MR) is 53.4 cm³/mol. The summed E-state index contributed by atoms with van der Waals surface area (Å²) in [5.41, 5.74) is 0. The average molecular weight is 208 g/mol. The van der Waals surface area contributed by atoms with Crippen molar-refractivity contribution in [3.63, 3.8) is 0 Å². The second-order valence-corrected chi connectivity index (χ2v) is 3.88. The summed E-state index contributed by atoms with van der Waals surface area (Å²) in [4.78, 5) is 13.6. The molecule has 0 saturated carbocycles. The maximum atomic E-state index is 11.0. The normalized spacial score (nSPS) is 13.0. The minimum absolute atomic E-state index is 0.169. The third kappa shape index (κ3) is 6.84. The summed E-state index contributed by atoms with van der Waals surface area (Å²) in [5, 5.41) is 0. The molecule has 0 radical (unpaired) electrons. The summed E-state index contributed by atoms with van der Waals surface area (Å²) in [6.07, 6.45) is 1.42. The standard InChI is InChI=1S/C9H18ClNO2/c1-7(2)4-8(6-11-10)5-9(12)13-3/h7-8,11H,4-6H2,1-3H3/t8-/m0/s1. The van der Waals surface area contributed by atoms with Gasteiger partial charge in [-0.15, -0.1) is 0 Å². The molecule has 0 rings (SSSR count). The first kappa shape index (κ1) is 12.7. The molecule has 0 aromatic rings. The molecule has 3 nitrogen and oxygen atoms in total. The van der Waals surface area contributed by atoms with Crippen LogP contribution in [-0.2, 0) is 9.53 Å². The number of hydrogen-bond acceptors (Lipinski definition) is 3. The van der Waals surface area contributed by atoms with Gasteiger partial charge in [0.2, 0.25) is 0 Å². The van der Waals surface area contributed by atoms with Crippen molar-refractivity contribution in [2.75, 3.05) is 13.7 Å². The van der Waals surface area contributed by atoms with Crippen LogP contribution in [0.1, 0.15) is 26.7 Å². The number of carbonyl (C=O) groups is 1. The van der Waals surface area contributed by atoms with Crippen LogP contribution >= 0.6 is 11.8 Å². The van der Waals surface area contributed by atoms with Crippen molar-refractivity contribution in [1.82, 2.24) is 4.84 Å². The summed E-state index contributed by atoms with van der Waals surface area (Å²) < 4.78 is 4.60. The Morgan fingerprint density at radius 2 is 2.15 bits per heavy atom. The lowest BCUT2D eigenvalue weighted by Crippen LogP contribution is -2.21. The fourth-order valence-electron chi connectivity index (χ4n) is 1.33. The van der Waals surface area contributed by atoms with Crippen LogP contribution < -0.4 is 4.84 Å². The number of rotatable bonds is 6. The molecule has 0 aliphatic carbocycles. The predicted octanol–water partition coefficient (Wildman–Crippen LogP) is 1.96. The molecule has 0 unspecified atom stereocenters. The minimum atomic E-state index is -0.169. The minimum Gasteiger partial charge on any atom is -0.469 e. The highest BCUT2D eigenvalue weighted by molar-refractivity contribution is 6.13. The summed E-state index contributed by atoms with van der Waals surface area (Å²) in [5.74, 6) is 0.669. The highest BCUT2D eigenvalue weighted by atomic mass is 35.5. The third-order valence-corrected chi connectivity index (χ3v) is 2.01. The Hall–Kier alpha value is -0.280. The van der Waals surface area contributed by atoms with Gasteiger partial charge in [0.15, 0.2) is 0 Å². The van der Waals surface area contributed by atoms with Crippen molar-refractivity contribution >= 4 is 17.7 Å². The quantitative estimate of drug-likeness (QED) is 0.535. The van der Waals surface area contributed by atoms with Gasteiger partial charge in [-0.25, -0.2) is 4.84 Å². The average Bonchev–Trinajstić information content (AvgIpc) is 2.03. The van der Waals surface area contributed by atoms with Crippen molar-refractivity contribution in [2.45, 2.75) is 26.7 Å². The first-order valence-electron chi connectivity index (χ1n) is 4.50. The molecular formula is C9H18ClNO2. The van der Waals surface area contributed by atoms with Crippen molar-refractivity contribution in [2.24, 2.45) is 11.8 Å². The van der Waals surface area contributed by atoms with E-state index in [-0.39, 0.29) is 11.9 Å². The van der Waals surface area contributed by atoms with E-state index in [2.05, 4.69) is 23.4 Å². The summed E-state index contributed by atoms with van der Waals surface area (Å²) in [6.45, 7) is 4.89. The molecule has 4 heteroatoms. The smallest absolute Gasteiger partial charge is 0.305 e. The molecule has 0 saturated heterocycles. The van der Waals surface area contributed by atoms with Crippen molar-refractivity contribution < 1.29 is 9.53 Å². The van der Waals surface area contributed by atoms with Crippen LogP contribution in [0.15, 0.2) is 0 Å². The van der Waals surface area contributed by atoms with E-state index in [1.807, 2.05) is 0 Å². The summed E-state index contributed by atoms with van der Waals surface area (Å²) in [6, 6.07) is 0. The second kappa shape index (κ2) is 7.15. The van der Waals surface area contributed by atoms with Crippen molar-refractivity contribution in [3.8, 4) is 0 Å². The first-order valence-corrected chi connectivity index (χ1v) is 4.88. The molecule has 0 fully saturated rings. The maximum absolute atomic E-state index is 11.0. The van der Waals surface area contributed by atoms with Gasteiger partial charge in [0, 0.05) is 13.0 Å². The molecule has 0 heterocycles. The third-order valence-electron chi connectivity index (χ3n) is 1.85. The molecular weight excluding hydrogens is 190 g/mol. The fraction of sp³-hybridized carbons (Fsp3) is 0.889. The van der Waals surface area contributed by atoms with Crippen molar-refractivity contribution in [3.05, 3.63) is 0 Å². The lowest BCUT2D eigenvalue weighted by Gasteiger charge is -2.16. The van der Waals surface area contributed by atoms with E-state index in [1.165, 1.54) is 7.11 Å². The second-order valence-electron chi connectivity index (χ2n) is 3.61. The topological polar surface area (TPSA) is 38.3 Å². The lowest BCUT2D eigenvalue weighted by molar-refractivity contribution is -0.141. The van der Waals surface area contributed by atoms with E-state index in [1.54, 1.807) is 0 Å². The van der Waals surface area contributed by atoms with Gasteiger partial charge in [-0.1, -0.05) is 13.8 Å². The number of nitrogens with one attached hydrogen (secondary N) is 1. The van der Waals surface area contributed by atoms with Gasteiger partial charge in [0.1, 0.15) is 0 Å². The molecule has 0 aromatic heterocycles. The molecule has 0 aromatic carbocycles. The van der Waals surface area contributed by atoms with E-state index < -0.39 is 0 Å². The summed E-state index contributed by atoms with van der Waals surface area (Å²) in [7, 11) is 1.41. The Balaban J connectivity index is 3.86. The Morgan fingerprint density at radius 3 is 2.54 bits per heavy atom. The monoisotopic (exact) mass is 207 g/mol. The highest BCUT2D eigenvalue weighted by Gasteiger charge is 2.15. The van der Waals surface area contributed by atoms with E-state index in [4.69, 9.17) is 11.8 Å². The van der Waals surface area contributed by atoms with Crippen LogP contribution in [-0.4, -0.2) is 19.6 Å². The molecule has 0 amide bonds. The molecule has 0 aliphatic rings. The maximum Gasteiger partial charge on any atom is 0.305 e. The Morgan fingerprint density at radius 1 is 1.54 bits per heavy atom. The van der Waals surface area contributed by atoms with Crippen molar-refractivity contribution in [1.29, 1.82) is 0 Å². The van der Waals surface area contributed by atoms with Crippen LogP contribution in [0.3, 0.4) is 0 Å². The van der Waals surface area contributed by atoms with Crippen LogP contribution in [0.5, 0.6) is 0 Å². The number of halogens is 1. The molecule has 13 heavy (non-hydrogen) atoms. The Labute approximate surface area is 84.9 Å². The van der Waals surface area contributed by atoms with E-state index in [0.29, 0.717) is 18.9 Å². The van der Waals surface area contributed by atoms with Gasteiger partial charge in [-0.05, 0) is 30.0 Å². The fourth-order valence-corrected chi connectivity index (χ4v) is 1.55. The van der Waals surface area contributed by atoms with Gasteiger partial charge in [-0.2, -0.15) is 0 Å². The van der Waals surface area contributed by atoms with Gasteiger partial charge in [-0.3, -0.25) is 4.79 Å². The Kier molecular flexibility index (Phi) is 7.00. The summed E-state index contributed by atoms with van der Waals surface area (Å²) >= 11 is 5.40. The van der Waals surface area contributed by atoms with E-state index in [0.717, 1.165) is 6.42 Å². The lowest BCUT2D eigenvalue weighted by atomic mass is 9.94. The zero-order valence-corrected chi connectivity index (χ0v) is 9.23. The number of carbonyl (C=O) groups excluding carboxylic acids is 1. The van der Waals surface area contributed by atoms with Gasteiger partial charge < -0.3 is 4.74 Å². The first-order chi connectivity index (χ1) is 6.10. The number of ether oxygens (including phenoxy) is 1. The highest BCUT2D eigenvalue weighted by Crippen LogP contribution is 2.15. The van der Waals surface area contributed by atoms with Crippen LogP contribution in [0, 0.1) is 11.8 Å². The van der Waals surface area contributed by atoms with Gasteiger partial charge >= 0.3 is 5.97 Å². The van der Waals surface area contributed by atoms with Crippen LogP contribution in [0.4, 0.5) is 0 Å². The Bertz CT molecular complexity index is 151. The molecule has 0 spiro atoms. The molecule has 1 atom stereocenters. The zero-order valence-electron chi connectivity index (χ0n) is 8.47. The molecule has 1 N–H and O–H groups in total. The van der Waals surface area contributed by atoms with E-state index in [9.17, 15) is 4.79 Å². The number of methoxy groups -OCH3 is 1. The number of hydrogen-bond donors (Lipinski definition) is 1. The molecule has 78 valence electrons. The largest absolute Gasteiger partial charge is 0.469 e. The molecule has 0 bridgehead atoms. The number of esters is 1. The SMILES string of the molecule is COC(=O)C[C@@H](CNCl)CC(C)C. The van der Waals surface area contributed by atoms with E-state index >= 15 is 0 Å². The van der Waals surface area contributed by atoms with Crippen LogP contribution in [0.2, 0.25) is 0 Å². The van der Waals surface area contributed by atoms with Gasteiger partial charge in [0.05, 0.1) is 7.11 Å². The van der Waals surface area contributed by atoms with Gasteiger partial charge in [0.25, 0.3) is 0 Å². The van der Waals surface area contributed by atoms with Crippen LogP contribution in [0.25, 0.3) is 0 Å². The zero-order chi connectivity index (χ0) is 10.3. The molecule has 0 aliphatic heterocycles.